The number of hydrogen-bond acceptors (Lipinski definition) is 4. The van der Waals surface area contributed by atoms with Gasteiger partial charge in [-0.25, -0.2) is 0 Å². The van der Waals surface area contributed by atoms with E-state index in [1.165, 1.54) is 9.80 Å². The molecule has 0 aromatic carbocycles. The second kappa shape index (κ2) is 22.8. The molecule has 145 valence electrons. The monoisotopic (exact) mass is 427 g/mol. The maximum atomic E-state index is 7.07. The van der Waals surface area contributed by atoms with Crippen LogP contribution in [0.25, 0.3) is 0 Å². The van der Waals surface area contributed by atoms with Crippen molar-refractivity contribution < 1.29 is 52.8 Å². The summed E-state index contributed by atoms with van der Waals surface area (Å²) in [6.45, 7) is 0. The Bertz CT molecular complexity index is 311. The van der Waals surface area contributed by atoms with Gasteiger partial charge in [0.2, 0.25) is 0 Å². The molecule has 0 amide bonds. The van der Waals surface area contributed by atoms with Gasteiger partial charge in [-0.3, -0.25) is 32.3 Å². The SMILES string of the molecule is CN(C)C(=N)NC(=N)N.CN(C)C(=N)NC(=N)N.O.O.[Cl-].[Cl-].[Cu+2]. The zero-order chi connectivity index (χ0) is 14.9. The predicted molar refractivity (Wildman–Crippen MR) is 80.2 cm³/mol. The zero-order valence-electron chi connectivity index (χ0n) is 13.1. The van der Waals surface area contributed by atoms with Crippen molar-refractivity contribution in [2.45, 2.75) is 0 Å². The van der Waals surface area contributed by atoms with E-state index in [9.17, 15) is 0 Å². The van der Waals surface area contributed by atoms with Crippen molar-refractivity contribution in [3.8, 4) is 0 Å². The van der Waals surface area contributed by atoms with E-state index in [1.807, 2.05) is 0 Å². The normalized spacial score (nSPS) is 6.43. The summed E-state index contributed by atoms with van der Waals surface area (Å²) < 4.78 is 0. The Kier molecular flexibility index (Phi) is 42.6. The molecule has 0 unspecified atom stereocenters. The molecule has 12 nitrogen and oxygen atoms in total. The molecule has 0 heterocycles. The van der Waals surface area contributed by atoms with Crippen molar-refractivity contribution in [1.82, 2.24) is 20.4 Å². The van der Waals surface area contributed by atoms with Gasteiger partial charge < -0.3 is 57.0 Å². The first kappa shape index (κ1) is 43.0. The third kappa shape index (κ3) is 33.4. The molecule has 23 heavy (non-hydrogen) atoms. The quantitative estimate of drug-likeness (QED) is 0.106. The van der Waals surface area contributed by atoms with Crippen molar-refractivity contribution >= 4 is 23.8 Å². The summed E-state index contributed by atoms with van der Waals surface area (Å²) in [7, 11) is 6.77. The topological polar surface area (TPSA) is 241 Å². The average Bonchev–Trinajstić information content (AvgIpc) is 2.16. The van der Waals surface area contributed by atoms with Crippen LogP contribution in [-0.2, 0) is 17.1 Å². The van der Waals surface area contributed by atoms with E-state index < -0.39 is 0 Å². The van der Waals surface area contributed by atoms with Gasteiger partial charge in [0.05, 0.1) is 0 Å². The maximum absolute atomic E-state index is 7.07. The summed E-state index contributed by atoms with van der Waals surface area (Å²) in [6, 6.07) is 0. The molecule has 0 bridgehead atoms. The van der Waals surface area contributed by atoms with Crippen LogP contribution in [0.2, 0.25) is 0 Å². The molecule has 0 spiro atoms. The van der Waals surface area contributed by atoms with Crippen molar-refractivity contribution in [1.29, 1.82) is 21.6 Å². The Balaban J connectivity index is -0.0000000366. The minimum absolute atomic E-state index is 0. The summed E-state index contributed by atoms with van der Waals surface area (Å²) in [4.78, 5) is 3.03. The van der Waals surface area contributed by atoms with Crippen LogP contribution in [0.5, 0.6) is 0 Å². The van der Waals surface area contributed by atoms with Crippen LogP contribution in [0.4, 0.5) is 0 Å². The number of nitrogens with two attached hydrogens (primary N) is 2. The minimum atomic E-state index is -0.214. The van der Waals surface area contributed by atoms with Gasteiger partial charge in [-0.05, 0) is 0 Å². The number of nitrogens with zero attached hydrogens (tertiary/aromatic N) is 2. The van der Waals surface area contributed by atoms with E-state index in [0.29, 0.717) is 0 Å². The van der Waals surface area contributed by atoms with Gasteiger partial charge in [-0.15, -0.1) is 0 Å². The van der Waals surface area contributed by atoms with Gasteiger partial charge in [0.15, 0.2) is 23.8 Å². The van der Waals surface area contributed by atoms with E-state index in [1.54, 1.807) is 28.2 Å². The van der Waals surface area contributed by atoms with E-state index in [2.05, 4.69) is 10.6 Å². The number of hydrogen-bond donors (Lipinski definition) is 8. The fraction of sp³-hybridized carbons (Fsp3) is 0.500. The fourth-order valence-electron chi connectivity index (χ4n) is 0.479. The van der Waals surface area contributed by atoms with Gasteiger partial charge in [0.1, 0.15) is 0 Å². The molecule has 1 radical (unpaired) electrons. The molecule has 15 heteroatoms. The first-order valence-electron chi connectivity index (χ1n) is 4.81. The number of guanidine groups is 4. The Labute approximate surface area is 158 Å². The molecule has 0 aromatic rings. The van der Waals surface area contributed by atoms with Crippen LogP contribution in [0.1, 0.15) is 0 Å². The largest absolute Gasteiger partial charge is 2.00 e. The standard InChI is InChI=1S/2C4H11N5.2ClH.Cu.2H2O/c2*1-9(2)4(7)8-3(5)6;;;;;/h2*1-2H3,(H5,5,6,7,8);2*1H;;2*1H2/q;;;;+2;;/p-2. The van der Waals surface area contributed by atoms with Gasteiger partial charge in [0, 0.05) is 28.2 Å². The third-order valence-electron chi connectivity index (χ3n) is 1.40. The summed E-state index contributed by atoms with van der Waals surface area (Å²) in [6.07, 6.45) is 0. The van der Waals surface area contributed by atoms with E-state index in [-0.39, 0.29) is 76.7 Å². The van der Waals surface area contributed by atoms with E-state index in [4.69, 9.17) is 33.1 Å². The molecular weight excluding hydrogens is 403 g/mol. The third-order valence-corrected chi connectivity index (χ3v) is 1.40. The second-order valence-electron chi connectivity index (χ2n) is 3.56. The molecule has 0 aliphatic carbocycles. The Morgan fingerprint density at radius 2 is 0.870 bits per heavy atom. The summed E-state index contributed by atoms with van der Waals surface area (Å²) in [5.41, 5.74) is 9.87. The van der Waals surface area contributed by atoms with Crippen LogP contribution < -0.4 is 46.9 Å². The first-order chi connectivity index (χ1) is 8.07. The fourth-order valence-corrected chi connectivity index (χ4v) is 0.479. The predicted octanol–water partition coefficient (Wildman–Crippen LogP) is -9.71. The second-order valence-corrected chi connectivity index (χ2v) is 3.56. The van der Waals surface area contributed by atoms with Crippen molar-refractivity contribution in [3.63, 3.8) is 0 Å². The smallest absolute Gasteiger partial charge is 1.00 e. The molecular formula is C8H26Cl2CuN10O2. The van der Waals surface area contributed by atoms with Gasteiger partial charge in [-0.1, -0.05) is 0 Å². The molecule has 0 saturated heterocycles. The molecule has 0 atom stereocenters. The number of nitrogens with one attached hydrogen (secondary N) is 6. The van der Waals surface area contributed by atoms with Crippen molar-refractivity contribution in [3.05, 3.63) is 0 Å². The molecule has 0 aliphatic heterocycles. The Hall–Kier alpha value is -1.50. The minimum Gasteiger partial charge on any atom is -1.00 e. The molecule has 0 aliphatic rings. The first-order valence-corrected chi connectivity index (χ1v) is 4.81. The molecule has 14 N–H and O–H groups in total. The van der Waals surface area contributed by atoms with E-state index >= 15 is 0 Å². The Morgan fingerprint density at radius 3 is 0.913 bits per heavy atom. The molecule has 0 saturated carbocycles. The van der Waals surface area contributed by atoms with Gasteiger partial charge in [0.25, 0.3) is 0 Å². The van der Waals surface area contributed by atoms with Gasteiger partial charge in [-0.2, -0.15) is 0 Å². The molecule has 0 rings (SSSR count). The zero-order valence-corrected chi connectivity index (χ0v) is 15.6. The van der Waals surface area contributed by atoms with Crippen LogP contribution in [0.15, 0.2) is 0 Å². The van der Waals surface area contributed by atoms with Crippen molar-refractivity contribution in [2.75, 3.05) is 28.2 Å². The van der Waals surface area contributed by atoms with E-state index in [0.717, 1.165) is 0 Å². The summed E-state index contributed by atoms with van der Waals surface area (Å²) >= 11 is 0. The molecule has 0 aromatic heterocycles. The summed E-state index contributed by atoms with van der Waals surface area (Å²) in [5.74, 6) is -0.201. The van der Waals surface area contributed by atoms with Crippen LogP contribution in [-0.4, -0.2) is 72.8 Å². The number of halogens is 2. The van der Waals surface area contributed by atoms with Crippen LogP contribution in [0, 0.1) is 21.6 Å². The van der Waals surface area contributed by atoms with Crippen LogP contribution in [0.3, 0.4) is 0 Å². The van der Waals surface area contributed by atoms with Crippen LogP contribution >= 0.6 is 0 Å². The van der Waals surface area contributed by atoms with Gasteiger partial charge >= 0.3 is 17.1 Å². The average molecular weight is 429 g/mol. The Morgan fingerprint density at radius 1 is 0.696 bits per heavy atom. The van der Waals surface area contributed by atoms with Crippen molar-refractivity contribution in [2.24, 2.45) is 11.5 Å². The molecule has 0 fully saturated rings. The maximum Gasteiger partial charge on any atom is 2.00 e. The summed E-state index contributed by atoms with van der Waals surface area (Å²) in [5, 5.41) is 32.2. The number of rotatable bonds is 0.